The predicted octanol–water partition coefficient (Wildman–Crippen LogP) is 2.27. The van der Waals surface area contributed by atoms with Gasteiger partial charge in [-0.15, -0.1) is 0 Å². The van der Waals surface area contributed by atoms with Crippen molar-refractivity contribution in [1.82, 2.24) is 4.90 Å². The predicted molar refractivity (Wildman–Crippen MR) is 66.7 cm³/mol. The summed E-state index contributed by atoms with van der Waals surface area (Å²) in [6.07, 6.45) is 5.01. The zero-order valence-corrected chi connectivity index (χ0v) is 11.1. The third-order valence-electron chi connectivity index (χ3n) is 3.67. The Hall–Kier alpha value is -0.770. The van der Waals surface area contributed by atoms with E-state index in [4.69, 9.17) is 10.5 Å². The van der Waals surface area contributed by atoms with Gasteiger partial charge in [-0.1, -0.05) is 0 Å². The van der Waals surface area contributed by atoms with Gasteiger partial charge in [-0.3, -0.25) is 0 Å². The van der Waals surface area contributed by atoms with Gasteiger partial charge in [0.2, 0.25) is 0 Å². The second-order valence-corrected chi connectivity index (χ2v) is 6.35. The second-order valence-electron chi connectivity index (χ2n) is 6.35. The maximum atomic E-state index is 12.2. The maximum Gasteiger partial charge on any atom is 0.410 e. The van der Waals surface area contributed by atoms with Crippen molar-refractivity contribution in [3.63, 3.8) is 0 Å². The van der Waals surface area contributed by atoms with Crippen LogP contribution in [0, 0.1) is 0 Å². The van der Waals surface area contributed by atoms with Gasteiger partial charge >= 0.3 is 6.09 Å². The van der Waals surface area contributed by atoms with Crippen LogP contribution in [0.25, 0.3) is 0 Å². The molecule has 0 saturated carbocycles. The van der Waals surface area contributed by atoms with Crippen LogP contribution in [-0.2, 0) is 4.74 Å². The molecule has 4 heteroatoms. The average Bonchev–Trinajstić information content (AvgIpc) is 2.45. The van der Waals surface area contributed by atoms with Crippen LogP contribution in [0.5, 0.6) is 0 Å². The minimum absolute atomic E-state index is 0.154. The number of nitrogens with zero attached hydrogens (tertiary/aromatic N) is 1. The number of nitrogens with two attached hydrogens (primary N) is 1. The molecule has 2 fully saturated rings. The topological polar surface area (TPSA) is 55.6 Å². The van der Waals surface area contributed by atoms with Crippen molar-refractivity contribution in [2.75, 3.05) is 0 Å². The van der Waals surface area contributed by atoms with Crippen LogP contribution in [0.15, 0.2) is 0 Å². The molecule has 3 atom stereocenters. The van der Waals surface area contributed by atoms with Gasteiger partial charge in [-0.2, -0.15) is 0 Å². The summed E-state index contributed by atoms with van der Waals surface area (Å²) >= 11 is 0. The lowest BCUT2D eigenvalue weighted by Crippen LogP contribution is -2.43. The Labute approximate surface area is 103 Å². The van der Waals surface area contributed by atoms with Crippen LogP contribution in [0.3, 0.4) is 0 Å². The Morgan fingerprint density at radius 3 is 2.41 bits per heavy atom. The van der Waals surface area contributed by atoms with Gasteiger partial charge in [0.25, 0.3) is 0 Å². The molecule has 4 nitrogen and oxygen atoms in total. The molecular formula is C13H24N2O2. The van der Waals surface area contributed by atoms with Gasteiger partial charge in [-0.05, 0) is 52.9 Å². The van der Waals surface area contributed by atoms with E-state index in [1.807, 2.05) is 25.7 Å². The first-order valence-corrected chi connectivity index (χ1v) is 6.64. The number of amides is 1. The fraction of sp³-hybridized carbons (Fsp3) is 0.923. The highest BCUT2D eigenvalue weighted by atomic mass is 16.6. The standard InChI is InChI=1S/C13H24N2O2/c1-13(2,3)17-12(16)15-10-5-4-9(14)8-11(15)7-6-10/h9-11H,4-8,14H2,1-3H3/t9-,10-,11-/m1/s1. The summed E-state index contributed by atoms with van der Waals surface area (Å²) in [5.74, 6) is 0. The van der Waals surface area contributed by atoms with E-state index in [0.717, 1.165) is 32.1 Å². The Morgan fingerprint density at radius 1 is 1.18 bits per heavy atom. The molecule has 17 heavy (non-hydrogen) atoms. The summed E-state index contributed by atoms with van der Waals surface area (Å²) < 4.78 is 5.49. The molecule has 0 spiro atoms. The zero-order chi connectivity index (χ0) is 12.6. The summed E-state index contributed by atoms with van der Waals surface area (Å²) in [5, 5.41) is 0. The van der Waals surface area contributed by atoms with Gasteiger partial charge in [0.1, 0.15) is 5.60 Å². The van der Waals surface area contributed by atoms with Crippen LogP contribution in [-0.4, -0.2) is 34.7 Å². The lowest BCUT2D eigenvalue weighted by molar-refractivity contribution is 0.0151. The summed E-state index contributed by atoms with van der Waals surface area (Å²) in [6.45, 7) is 5.74. The van der Waals surface area contributed by atoms with E-state index < -0.39 is 5.60 Å². The molecule has 2 N–H and O–H groups in total. The first-order chi connectivity index (χ1) is 7.87. The number of rotatable bonds is 0. The maximum absolute atomic E-state index is 12.2. The van der Waals surface area contributed by atoms with Gasteiger partial charge in [0, 0.05) is 18.1 Å². The van der Waals surface area contributed by atoms with E-state index >= 15 is 0 Å². The lowest BCUT2D eigenvalue weighted by Gasteiger charge is -2.31. The molecule has 1 amide bonds. The monoisotopic (exact) mass is 240 g/mol. The highest BCUT2D eigenvalue weighted by molar-refractivity contribution is 5.69. The number of ether oxygens (including phenoxy) is 1. The molecule has 2 rings (SSSR count). The van der Waals surface area contributed by atoms with E-state index in [1.165, 1.54) is 0 Å². The Bertz CT molecular complexity index is 298. The molecule has 0 unspecified atom stereocenters. The average molecular weight is 240 g/mol. The minimum atomic E-state index is -0.412. The molecule has 2 heterocycles. The summed E-state index contributed by atoms with van der Waals surface area (Å²) in [5.41, 5.74) is 5.62. The summed E-state index contributed by atoms with van der Waals surface area (Å²) in [7, 11) is 0. The normalized spacial score (nSPS) is 33.4. The van der Waals surface area contributed by atoms with Crippen molar-refractivity contribution < 1.29 is 9.53 Å². The third-order valence-corrected chi connectivity index (χ3v) is 3.67. The minimum Gasteiger partial charge on any atom is -0.444 e. The first-order valence-electron chi connectivity index (χ1n) is 6.64. The third kappa shape index (κ3) is 2.92. The number of carbonyl (C=O) groups is 1. The number of hydrogen-bond donors (Lipinski definition) is 1. The van der Waals surface area contributed by atoms with E-state index in [9.17, 15) is 4.79 Å². The highest BCUT2D eigenvalue weighted by Gasteiger charge is 2.41. The highest BCUT2D eigenvalue weighted by Crippen LogP contribution is 2.34. The Balaban J connectivity index is 2.07. The van der Waals surface area contributed by atoms with Gasteiger partial charge in [0.05, 0.1) is 0 Å². The van der Waals surface area contributed by atoms with E-state index in [0.29, 0.717) is 12.1 Å². The van der Waals surface area contributed by atoms with E-state index in [2.05, 4.69) is 0 Å². The Morgan fingerprint density at radius 2 is 1.76 bits per heavy atom. The van der Waals surface area contributed by atoms with E-state index in [-0.39, 0.29) is 12.1 Å². The molecule has 2 bridgehead atoms. The molecule has 0 aromatic heterocycles. The van der Waals surface area contributed by atoms with Crippen LogP contribution >= 0.6 is 0 Å². The largest absolute Gasteiger partial charge is 0.444 e. The van der Waals surface area contributed by atoms with Crippen molar-refractivity contribution in [3.8, 4) is 0 Å². The second kappa shape index (κ2) is 4.48. The SMILES string of the molecule is CC(C)(C)OC(=O)N1[C@@H]2CC[C@@H](N)C[C@H]1CC2. The quantitative estimate of drug-likeness (QED) is 0.706. The molecule has 0 aromatic rings. The van der Waals surface area contributed by atoms with Crippen LogP contribution in [0.1, 0.15) is 52.9 Å². The Kier molecular flexibility index (Phi) is 3.34. The van der Waals surface area contributed by atoms with Gasteiger partial charge in [-0.25, -0.2) is 4.79 Å². The van der Waals surface area contributed by atoms with Crippen LogP contribution in [0.2, 0.25) is 0 Å². The molecule has 98 valence electrons. The fourth-order valence-corrected chi connectivity index (χ4v) is 2.96. The summed E-state index contributed by atoms with van der Waals surface area (Å²) in [6, 6.07) is 0.894. The smallest absolute Gasteiger partial charge is 0.410 e. The molecule has 2 aliphatic heterocycles. The van der Waals surface area contributed by atoms with Crippen molar-refractivity contribution in [3.05, 3.63) is 0 Å². The number of carbonyl (C=O) groups excluding carboxylic acids is 1. The molecule has 2 aliphatic rings. The molecule has 0 aliphatic carbocycles. The molecule has 2 saturated heterocycles. The van der Waals surface area contributed by atoms with Crippen LogP contribution in [0.4, 0.5) is 4.79 Å². The first kappa shape index (κ1) is 12.7. The van der Waals surface area contributed by atoms with Crippen molar-refractivity contribution in [1.29, 1.82) is 0 Å². The van der Waals surface area contributed by atoms with Gasteiger partial charge < -0.3 is 15.4 Å². The van der Waals surface area contributed by atoms with Crippen molar-refractivity contribution >= 4 is 6.09 Å². The summed E-state index contributed by atoms with van der Waals surface area (Å²) in [4.78, 5) is 14.2. The van der Waals surface area contributed by atoms with Crippen LogP contribution < -0.4 is 5.73 Å². The fourth-order valence-electron chi connectivity index (χ4n) is 2.96. The van der Waals surface area contributed by atoms with Gasteiger partial charge in [0.15, 0.2) is 0 Å². The van der Waals surface area contributed by atoms with E-state index in [1.54, 1.807) is 0 Å². The molecule has 0 radical (unpaired) electrons. The van der Waals surface area contributed by atoms with Crippen molar-refractivity contribution in [2.45, 2.75) is 76.6 Å². The number of fused-ring (bicyclic) bond motifs is 2. The molecular weight excluding hydrogens is 216 g/mol. The van der Waals surface area contributed by atoms with Crippen molar-refractivity contribution in [2.24, 2.45) is 5.73 Å². The molecule has 0 aromatic carbocycles. The lowest BCUT2D eigenvalue weighted by atomic mass is 9.98. The zero-order valence-electron chi connectivity index (χ0n) is 11.1. The number of hydrogen-bond acceptors (Lipinski definition) is 3.